The van der Waals surface area contributed by atoms with Crippen LogP contribution in [0.2, 0.25) is 5.02 Å². The maximum absolute atomic E-state index is 13.2. The summed E-state index contributed by atoms with van der Waals surface area (Å²) in [6.45, 7) is 0. The standard InChI is InChI=1S/C13H8ClF/c14-13-7-9(15)6-11-10-4-2-1-3-8(10)5-12(11)13/h1-4,6-7H,5H2. The third kappa shape index (κ3) is 1.27. The Hall–Kier alpha value is -1.34. The van der Waals surface area contributed by atoms with E-state index in [1.165, 1.54) is 11.6 Å². The van der Waals surface area contributed by atoms with Crippen LogP contribution in [0.3, 0.4) is 0 Å². The first-order valence-electron chi connectivity index (χ1n) is 4.82. The normalized spacial score (nSPS) is 12.4. The van der Waals surface area contributed by atoms with Crippen LogP contribution in [0, 0.1) is 5.82 Å². The van der Waals surface area contributed by atoms with Crippen molar-refractivity contribution < 1.29 is 4.39 Å². The van der Waals surface area contributed by atoms with E-state index in [9.17, 15) is 4.39 Å². The van der Waals surface area contributed by atoms with Gasteiger partial charge in [0.2, 0.25) is 0 Å². The SMILES string of the molecule is Fc1cc(Cl)c2c(c1)-c1ccccc1C2. The lowest BCUT2D eigenvalue weighted by Gasteiger charge is -2.02. The van der Waals surface area contributed by atoms with Crippen molar-refractivity contribution in [2.45, 2.75) is 6.42 Å². The summed E-state index contributed by atoms with van der Waals surface area (Å²) >= 11 is 6.03. The fraction of sp³-hybridized carbons (Fsp3) is 0.0769. The summed E-state index contributed by atoms with van der Waals surface area (Å²) < 4.78 is 13.2. The van der Waals surface area contributed by atoms with Crippen LogP contribution >= 0.6 is 11.6 Å². The molecule has 0 saturated heterocycles. The van der Waals surface area contributed by atoms with Crippen LogP contribution in [0.25, 0.3) is 11.1 Å². The average molecular weight is 219 g/mol. The maximum atomic E-state index is 13.2. The number of rotatable bonds is 0. The van der Waals surface area contributed by atoms with Gasteiger partial charge >= 0.3 is 0 Å². The van der Waals surface area contributed by atoms with E-state index in [0.717, 1.165) is 23.1 Å². The maximum Gasteiger partial charge on any atom is 0.125 e. The van der Waals surface area contributed by atoms with Gasteiger partial charge in [-0.15, -0.1) is 0 Å². The molecule has 0 aliphatic heterocycles. The van der Waals surface area contributed by atoms with Crippen LogP contribution in [0.1, 0.15) is 11.1 Å². The van der Waals surface area contributed by atoms with Gasteiger partial charge in [0.15, 0.2) is 0 Å². The summed E-state index contributed by atoms with van der Waals surface area (Å²) in [5, 5.41) is 0.529. The first-order chi connectivity index (χ1) is 7.25. The van der Waals surface area contributed by atoms with Gasteiger partial charge in [-0.1, -0.05) is 35.9 Å². The number of benzene rings is 2. The highest BCUT2D eigenvalue weighted by Gasteiger charge is 2.20. The lowest BCUT2D eigenvalue weighted by molar-refractivity contribution is 0.628. The summed E-state index contributed by atoms with van der Waals surface area (Å²) in [7, 11) is 0. The second-order valence-electron chi connectivity index (χ2n) is 3.75. The number of hydrogen-bond donors (Lipinski definition) is 0. The van der Waals surface area contributed by atoms with E-state index >= 15 is 0 Å². The second-order valence-corrected chi connectivity index (χ2v) is 4.15. The van der Waals surface area contributed by atoms with Crippen molar-refractivity contribution in [1.29, 1.82) is 0 Å². The zero-order valence-corrected chi connectivity index (χ0v) is 8.68. The highest BCUT2D eigenvalue weighted by atomic mass is 35.5. The third-order valence-corrected chi connectivity index (χ3v) is 3.17. The highest BCUT2D eigenvalue weighted by Crippen LogP contribution is 2.40. The van der Waals surface area contributed by atoms with Crippen molar-refractivity contribution in [3.05, 3.63) is 58.4 Å². The monoisotopic (exact) mass is 218 g/mol. The van der Waals surface area contributed by atoms with Crippen LogP contribution in [-0.2, 0) is 6.42 Å². The molecule has 0 atom stereocenters. The molecule has 1 aliphatic rings. The Morgan fingerprint density at radius 1 is 1.07 bits per heavy atom. The van der Waals surface area contributed by atoms with Crippen molar-refractivity contribution in [1.82, 2.24) is 0 Å². The Balaban J connectivity index is 2.33. The lowest BCUT2D eigenvalue weighted by atomic mass is 10.1. The molecule has 15 heavy (non-hydrogen) atoms. The molecular formula is C13H8ClF. The summed E-state index contributed by atoms with van der Waals surface area (Å²) in [4.78, 5) is 0. The van der Waals surface area contributed by atoms with Gasteiger partial charge in [0.1, 0.15) is 5.82 Å². The average Bonchev–Trinajstić information content (AvgIpc) is 2.57. The largest absolute Gasteiger partial charge is 0.207 e. The third-order valence-electron chi connectivity index (χ3n) is 2.84. The van der Waals surface area contributed by atoms with Gasteiger partial charge in [-0.2, -0.15) is 0 Å². The van der Waals surface area contributed by atoms with E-state index in [0.29, 0.717) is 5.02 Å². The molecule has 1 aliphatic carbocycles. The van der Waals surface area contributed by atoms with Crippen LogP contribution in [0.5, 0.6) is 0 Å². The molecule has 0 bridgehead atoms. The quantitative estimate of drug-likeness (QED) is 0.534. The molecule has 0 nitrogen and oxygen atoms in total. The van der Waals surface area contributed by atoms with Crippen LogP contribution in [0.4, 0.5) is 4.39 Å². The number of hydrogen-bond acceptors (Lipinski definition) is 0. The summed E-state index contributed by atoms with van der Waals surface area (Å²) in [6, 6.07) is 11.0. The Bertz CT molecular complexity index is 546. The Morgan fingerprint density at radius 2 is 1.87 bits per heavy atom. The molecule has 0 spiro atoms. The van der Waals surface area contributed by atoms with Gasteiger partial charge in [-0.25, -0.2) is 4.39 Å². The predicted octanol–water partition coefficient (Wildman–Crippen LogP) is 4.05. The molecule has 0 saturated carbocycles. The molecule has 2 aromatic carbocycles. The number of fused-ring (bicyclic) bond motifs is 3. The van der Waals surface area contributed by atoms with Crippen molar-refractivity contribution in [2.24, 2.45) is 0 Å². The molecule has 3 rings (SSSR count). The van der Waals surface area contributed by atoms with E-state index in [1.54, 1.807) is 6.07 Å². The van der Waals surface area contributed by atoms with Gasteiger partial charge in [-0.05, 0) is 34.4 Å². The second kappa shape index (κ2) is 3.07. The molecule has 0 radical (unpaired) electrons. The van der Waals surface area contributed by atoms with Crippen LogP contribution < -0.4 is 0 Å². The number of halogens is 2. The molecule has 74 valence electrons. The summed E-state index contributed by atoms with van der Waals surface area (Å²) in [5.74, 6) is -0.268. The minimum Gasteiger partial charge on any atom is -0.207 e. The van der Waals surface area contributed by atoms with E-state index in [1.807, 2.05) is 18.2 Å². The lowest BCUT2D eigenvalue weighted by Crippen LogP contribution is -1.84. The van der Waals surface area contributed by atoms with Crippen LogP contribution in [0.15, 0.2) is 36.4 Å². The first-order valence-corrected chi connectivity index (χ1v) is 5.20. The Labute approximate surface area is 92.3 Å². The van der Waals surface area contributed by atoms with Gasteiger partial charge in [-0.3, -0.25) is 0 Å². The summed E-state index contributed by atoms with van der Waals surface area (Å²) in [6.07, 6.45) is 0.810. The van der Waals surface area contributed by atoms with E-state index in [2.05, 4.69) is 6.07 Å². The van der Waals surface area contributed by atoms with Crippen molar-refractivity contribution in [2.75, 3.05) is 0 Å². The molecule has 0 fully saturated rings. The minimum absolute atomic E-state index is 0.268. The van der Waals surface area contributed by atoms with Gasteiger partial charge in [0.25, 0.3) is 0 Å². The fourth-order valence-corrected chi connectivity index (χ4v) is 2.42. The van der Waals surface area contributed by atoms with E-state index in [-0.39, 0.29) is 5.82 Å². The Kier molecular flexibility index (Phi) is 1.83. The molecule has 0 amide bonds. The highest BCUT2D eigenvalue weighted by molar-refractivity contribution is 6.32. The fourth-order valence-electron chi connectivity index (χ4n) is 2.15. The molecule has 0 heterocycles. The zero-order chi connectivity index (χ0) is 10.4. The molecule has 2 aromatic rings. The summed E-state index contributed by atoms with van der Waals surface area (Å²) in [5.41, 5.74) is 4.31. The molecular weight excluding hydrogens is 211 g/mol. The zero-order valence-electron chi connectivity index (χ0n) is 7.93. The van der Waals surface area contributed by atoms with Crippen molar-refractivity contribution in [3.8, 4) is 11.1 Å². The van der Waals surface area contributed by atoms with E-state index in [4.69, 9.17) is 11.6 Å². The van der Waals surface area contributed by atoms with Gasteiger partial charge in [0, 0.05) is 11.4 Å². The Morgan fingerprint density at radius 3 is 2.73 bits per heavy atom. The van der Waals surface area contributed by atoms with E-state index < -0.39 is 0 Å². The van der Waals surface area contributed by atoms with Gasteiger partial charge < -0.3 is 0 Å². The molecule has 0 unspecified atom stereocenters. The topological polar surface area (TPSA) is 0 Å². The van der Waals surface area contributed by atoms with Crippen LogP contribution in [-0.4, -0.2) is 0 Å². The predicted molar refractivity (Wildman–Crippen MR) is 59.7 cm³/mol. The van der Waals surface area contributed by atoms with Gasteiger partial charge in [0.05, 0.1) is 0 Å². The van der Waals surface area contributed by atoms with Crippen molar-refractivity contribution >= 4 is 11.6 Å². The molecule has 0 N–H and O–H groups in total. The molecule has 2 heteroatoms. The smallest absolute Gasteiger partial charge is 0.125 e. The molecule has 0 aromatic heterocycles. The minimum atomic E-state index is -0.268. The first kappa shape index (κ1) is 8.93. The van der Waals surface area contributed by atoms with Crippen molar-refractivity contribution in [3.63, 3.8) is 0 Å².